The van der Waals surface area contributed by atoms with Crippen LogP contribution in [-0.4, -0.2) is 22.2 Å². The van der Waals surface area contributed by atoms with Gasteiger partial charge < -0.3 is 10.2 Å². The Kier molecular flexibility index (Phi) is 4.41. The third-order valence-electron chi connectivity index (χ3n) is 1.36. The minimum Gasteiger partial charge on any atom is -0.478 e. The summed E-state index contributed by atoms with van der Waals surface area (Å²) in [7, 11) is 0. The van der Waals surface area contributed by atoms with Gasteiger partial charge in [0.05, 0.1) is 11.1 Å². The molecule has 0 unspecified atom stereocenters. The van der Waals surface area contributed by atoms with E-state index < -0.39 is 11.9 Å². The Bertz CT molecular complexity index is 305. The molecule has 0 atom stereocenters. The smallest absolute Gasteiger partial charge is 0.335 e. The number of benzene rings is 1. The second-order valence-corrected chi connectivity index (χ2v) is 2.19. The third-order valence-corrected chi connectivity index (χ3v) is 1.36. The van der Waals surface area contributed by atoms with Crippen LogP contribution in [0.5, 0.6) is 0 Å². The minimum absolute atomic E-state index is 0. The molecule has 0 bridgehead atoms. The van der Waals surface area contributed by atoms with Gasteiger partial charge in [-0.2, -0.15) is 0 Å². The Morgan fingerprint density at radius 2 is 1.38 bits per heavy atom. The molecule has 5 heteroatoms. The van der Waals surface area contributed by atoms with Crippen molar-refractivity contribution in [2.75, 3.05) is 0 Å². The number of carboxylic acid groups (broad SMARTS) is 2. The van der Waals surface area contributed by atoms with Crippen molar-refractivity contribution in [3.8, 4) is 0 Å². The van der Waals surface area contributed by atoms with E-state index in [-0.39, 0.29) is 33.5 Å². The van der Waals surface area contributed by atoms with Gasteiger partial charge in [-0.3, -0.25) is 0 Å². The zero-order valence-electron chi connectivity index (χ0n) is 6.32. The van der Waals surface area contributed by atoms with Crippen molar-refractivity contribution >= 4 is 11.9 Å². The standard InChI is InChI=1S/C8H6O4.Au/c9-7(10)5-2-1-3-6(4-5)8(11)12;/h1-4H,(H,9,10)(H,11,12);. The van der Waals surface area contributed by atoms with Gasteiger partial charge in [0.1, 0.15) is 0 Å². The second-order valence-electron chi connectivity index (χ2n) is 2.19. The fourth-order valence-corrected chi connectivity index (χ4v) is 0.785. The summed E-state index contributed by atoms with van der Waals surface area (Å²) in [6, 6.07) is 5.20. The average molecular weight is 363 g/mol. The van der Waals surface area contributed by atoms with Crippen LogP contribution in [0, 0.1) is 0 Å². The van der Waals surface area contributed by atoms with Crippen molar-refractivity contribution in [3.63, 3.8) is 0 Å². The van der Waals surface area contributed by atoms with Crippen LogP contribution in [0.1, 0.15) is 20.7 Å². The van der Waals surface area contributed by atoms with E-state index in [1.54, 1.807) is 0 Å². The maximum absolute atomic E-state index is 10.4. The predicted octanol–water partition coefficient (Wildman–Crippen LogP) is 1.08. The maximum atomic E-state index is 10.4. The minimum atomic E-state index is -1.13. The van der Waals surface area contributed by atoms with Crippen molar-refractivity contribution in [2.45, 2.75) is 0 Å². The Hall–Kier alpha value is -1.10. The van der Waals surface area contributed by atoms with Crippen LogP contribution in [0.15, 0.2) is 24.3 Å². The number of aromatic carboxylic acids is 2. The van der Waals surface area contributed by atoms with Gasteiger partial charge >= 0.3 is 11.9 Å². The van der Waals surface area contributed by atoms with E-state index in [2.05, 4.69) is 0 Å². The molecule has 4 nitrogen and oxygen atoms in total. The quantitative estimate of drug-likeness (QED) is 0.772. The van der Waals surface area contributed by atoms with Crippen LogP contribution in [-0.2, 0) is 22.4 Å². The predicted molar refractivity (Wildman–Crippen MR) is 40.4 cm³/mol. The maximum Gasteiger partial charge on any atom is 0.335 e. The molecule has 0 aliphatic carbocycles. The summed E-state index contributed by atoms with van der Waals surface area (Å²) >= 11 is 0. The normalized spacial score (nSPS) is 8.62. The van der Waals surface area contributed by atoms with Gasteiger partial charge in [0.25, 0.3) is 0 Å². The Morgan fingerprint density at radius 1 is 1.00 bits per heavy atom. The molecular weight excluding hydrogens is 357 g/mol. The van der Waals surface area contributed by atoms with Gasteiger partial charge in [-0.1, -0.05) is 6.07 Å². The molecule has 0 aliphatic heterocycles. The molecule has 1 radical (unpaired) electrons. The van der Waals surface area contributed by atoms with Crippen LogP contribution >= 0.6 is 0 Å². The molecule has 0 saturated carbocycles. The first kappa shape index (κ1) is 11.9. The van der Waals surface area contributed by atoms with Gasteiger partial charge in [-0.25, -0.2) is 9.59 Å². The fourth-order valence-electron chi connectivity index (χ4n) is 0.785. The number of carboxylic acids is 2. The van der Waals surface area contributed by atoms with Crippen LogP contribution in [0.25, 0.3) is 0 Å². The molecule has 13 heavy (non-hydrogen) atoms. The first-order chi connectivity index (χ1) is 5.61. The summed E-state index contributed by atoms with van der Waals surface area (Å²) < 4.78 is 0. The Morgan fingerprint density at radius 3 is 1.69 bits per heavy atom. The summed E-state index contributed by atoms with van der Waals surface area (Å²) in [4.78, 5) is 20.8. The zero-order valence-corrected chi connectivity index (χ0v) is 8.49. The van der Waals surface area contributed by atoms with Crippen molar-refractivity contribution in [2.24, 2.45) is 0 Å². The van der Waals surface area contributed by atoms with Gasteiger partial charge in [-0.05, 0) is 18.2 Å². The van der Waals surface area contributed by atoms with Crippen molar-refractivity contribution in [1.82, 2.24) is 0 Å². The molecule has 0 fully saturated rings. The summed E-state index contributed by atoms with van der Waals surface area (Å²) in [6.07, 6.45) is 0. The second kappa shape index (κ2) is 4.81. The van der Waals surface area contributed by atoms with E-state index in [0.29, 0.717) is 0 Å². The molecular formula is C8H6AuO4. The fraction of sp³-hybridized carbons (Fsp3) is 0. The molecule has 0 spiro atoms. The van der Waals surface area contributed by atoms with Gasteiger partial charge in [0, 0.05) is 22.4 Å². The largest absolute Gasteiger partial charge is 0.478 e. The molecule has 0 aliphatic rings. The average Bonchev–Trinajstić information content (AvgIpc) is 2.04. The van der Waals surface area contributed by atoms with E-state index in [4.69, 9.17) is 10.2 Å². The summed E-state index contributed by atoms with van der Waals surface area (Å²) in [6.45, 7) is 0. The van der Waals surface area contributed by atoms with Crippen molar-refractivity contribution in [3.05, 3.63) is 35.4 Å². The Labute approximate surface area is 89.7 Å². The first-order valence-electron chi connectivity index (χ1n) is 3.18. The number of carbonyl (C=O) groups is 2. The third kappa shape index (κ3) is 3.02. The number of hydrogen-bond donors (Lipinski definition) is 2. The van der Waals surface area contributed by atoms with Crippen LogP contribution in [0.2, 0.25) is 0 Å². The molecule has 73 valence electrons. The van der Waals surface area contributed by atoms with E-state index in [1.165, 1.54) is 18.2 Å². The van der Waals surface area contributed by atoms with Crippen LogP contribution < -0.4 is 0 Å². The van der Waals surface area contributed by atoms with Crippen LogP contribution in [0.3, 0.4) is 0 Å². The molecule has 0 heterocycles. The molecule has 1 rings (SSSR count). The monoisotopic (exact) mass is 363 g/mol. The summed E-state index contributed by atoms with van der Waals surface area (Å²) in [5, 5.41) is 17.0. The number of hydrogen-bond acceptors (Lipinski definition) is 2. The Balaban J connectivity index is 0.00000144. The summed E-state index contributed by atoms with van der Waals surface area (Å²) in [5.74, 6) is -2.25. The van der Waals surface area contributed by atoms with Gasteiger partial charge in [0.2, 0.25) is 0 Å². The van der Waals surface area contributed by atoms with E-state index in [0.717, 1.165) is 6.07 Å². The molecule has 1 aromatic rings. The number of rotatable bonds is 2. The SMILES string of the molecule is O=C(O)c1cccc(C(=O)O)c1.[Au]. The van der Waals surface area contributed by atoms with Crippen LogP contribution in [0.4, 0.5) is 0 Å². The topological polar surface area (TPSA) is 74.6 Å². The van der Waals surface area contributed by atoms with E-state index >= 15 is 0 Å². The molecule has 2 N–H and O–H groups in total. The van der Waals surface area contributed by atoms with Crippen molar-refractivity contribution < 1.29 is 42.2 Å². The summed E-state index contributed by atoms with van der Waals surface area (Å²) in [5.41, 5.74) is -0.0372. The van der Waals surface area contributed by atoms with E-state index in [9.17, 15) is 9.59 Å². The molecule has 0 aromatic heterocycles. The molecule has 1 aromatic carbocycles. The van der Waals surface area contributed by atoms with E-state index in [1.807, 2.05) is 0 Å². The molecule has 0 saturated heterocycles. The first-order valence-corrected chi connectivity index (χ1v) is 3.18. The zero-order chi connectivity index (χ0) is 9.14. The van der Waals surface area contributed by atoms with Gasteiger partial charge in [-0.15, -0.1) is 0 Å². The molecule has 0 amide bonds. The van der Waals surface area contributed by atoms with Gasteiger partial charge in [0.15, 0.2) is 0 Å². The van der Waals surface area contributed by atoms with Crippen molar-refractivity contribution in [1.29, 1.82) is 0 Å².